The highest BCUT2D eigenvalue weighted by atomic mass is 32.1. The second-order valence-electron chi connectivity index (χ2n) is 3.38. The summed E-state index contributed by atoms with van der Waals surface area (Å²) in [6.07, 6.45) is 3.72. The van der Waals surface area contributed by atoms with Crippen LogP contribution in [0.1, 0.15) is 45.2 Å². The number of anilines is 1. The van der Waals surface area contributed by atoms with Gasteiger partial charge in [0.1, 0.15) is 0 Å². The number of carbonyl (C=O) groups is 1. The molecule has 94 valence electrons. The van der Waals surface area contributed by atoms with Crippen molar-refractivity contribution in [2.24, 2.45) is 0 Å². The van der Waals surface area contributed by atoms with Crippen LogP contribution >= 0.6 is 11.3 Å². The van der Waals surface area contributed by atoms with E-state index in [2.05, 4.69) is 16.9 Å². The highest BCUT2D eigenvalue weighted by molar-refractivity contribution is 7.16. The Labute approximate surface area is 107 Å². The quantitative estimate of drug-likeness (QED) is 0.876. The van der Waals surface area contributed by atoms with Crippen molar-refractivity contribution in [2.45, 2.75) is 34.6 Å². The van der Waals surface area contributed by atoms with Gasteiger partial charge in [-0.3, -0.25) is 4.79 Å². The lowest BCUT2D eigenvalue weighted by Gasteiger charge is -1.91. The molecular formula is C13H20N2OS. The average molecular weight is 252 g/mol. The Morgan fingerprint density at radius 1 is 1.35 bits per heavy atom. The Kier molecular flexibility index (Phi) is 7.14. The zero-order valence-electron chi connectivity index (χ0n) is 11.1. The number of allylic oxidation sites excluding steroid dienone is 1. The van der Waals surface area contributed by atoms with Gasteiger partial charge in [0.15, 0.2) is 5.13 Å². The molecule has 0 spiro atoms. The molecule has 0 fully saturated rings. The molecule has 17 heavy (non-hydrogen) atoms. The maximum atomic E-state index is 10.9. The summed E-state index contributed by atoms with van der Waals surface area (Å²) in [6.45, 7) is 13.2. The summed E-state index contributed by atoms with van der Waals surface area (Å²) in [5.41, 5.74) is 2.00. The van der Waals surface area contributed by atoms with Gasteiger partial charge in [-0.05, 0) is 26.0 Å². The van der Waals surface area contributed by atoms with Crippen LogP contribution in [-0.2, 0) is 4.79 Å². The van der Waals surface area contributed by atoms with E-state index in [0.29, 0.717) is 5.13 Å². The topological polar surface area (TPSA) is 42.0 Å². The third kappa shape index (κ3) is 5.45. The summed E-state index contributed by atoms with van der Waals surface area (Å²) in [5.74, 6) is -0.108. The standard InChI is InChI=1S/C11H14N2OS.C2H6/c1-5-9-10(6-7(2)3)15-11(13-9)12-8(4)14;1-2/h5-6H,1H2,2-4H3,(H,12,13,14);1-2H3. The van der Waals surface area contributed by atoms with Crippen LogP contribution in [0, 0.1) is 0 Å². The molecule has 0 aliphatic rings. The van der Waals surface area contributed by atoms with Crippen LogP contribution in [0.2, 0.25) is 0 Å². The maximum Gasteiger partial charge on any atom is 0.223 e. The molecule has 1 aromatic rings. The summed E-state index contributed by atoms with van der Waals surface area (Å²) in [7, 11) is 0. The molecule has 1 N–H and O–H groups in total. The number of amides is 1. The van der Waals surface area contributed by atoms with Gasteiger partial charge in [-0.15, -0.1) is 0 Å². The van der Waals surface area contributed by atoms with Gasteiger partial charge < -0.3 is 5.32 Å². The molecule has 3 nitrogen and oxygen atoms in total. The van der Waals surface area contributed by atoms with E-state index in [1.54, 1.807) is 6.08 Å². The Hall–Kier alpha value is -1.42. The van der Waals surface area contributed by atoms with Gasteiger partial charge in [0, 0.05) is 6.92 Å². The Morgan fingerprint density at radius 2 is 1.94 bits per heavy atom. The minimum absolute atomic E-state index is 0.108. The second-order valence-corrected chi connectivity index (χ2v) is 4.41. The molecule has 0 aromatic carbocycles. The van der Waals surface area contributed by atoms with E-state index in [4.69, 9.17) is 0 Å². The third-order valence-electron chi connectivity index (χ3n) is 1.58. The van der Waals surface area contributed by atoms with Gasteiger partial charge >= 0.3 is 0 Å². The summed E-state index contributed by atoms with van der Waals surface area (Å²) in [5, 5.41) is 3.28. The minimum atomic E-state index is -0.108. The van der Waals surface area contributed by atoms with Gasteiger partial charge in [0.05, 0.1) is 10.6 Å². The summed E-state index contributed by atoms with van der Waals surface area (Å²) >= 11 is 1.45. The molecule has 0 bridgehead atoms. The van der Waals surface area contributed by atoms with Crippen molar-refractivity contribution >= 4 is 34.5 Å². The lowest BCUT2D eigenvalue weighted by molar-refractivity contribution is -0.114. The van der Waals surface area contributed by atoms with Crippen molar-refractivity contribution < 1.29 is 4.79 Å². The summed E-state index contributed by atoms with van der Waals surface area (Å²) < 4.78 is 0. The van der Waals surface area contributed by atoms with E-state index in [9.17, 15) is 4.79 Å². The molecule has 0 unspecified atom stereocenters. The van der Waals surface area contributed by atoms with Crippen molar-refractivity contribution in [1.29, 1.82) is 0 Å². The zero-order chi connectivity index (χ0) is 13.4. The molecule has 0 saturated carbocycles. The smallest absolute Gasteiger partial charge is 0.223 e. The first-order valence-corrected chi connectivity index (χ1v) is 6.40. The molecule has 1 amide bonds. The summed E-state index contributed by atoms with van der Waals surface area (Å²) in [4.78, 5) is 16.1. The summed E-state index contributed by atoms with van der Waals surface area (Å²) in [6, 6.07) is 0. The molecule has 0 saturated heterocycles. The molecule has 0 aliphatic carbocycles. The normalized spacial score (nSPS) is 8.76. The van der Waals surface area contributed by atoms with Crippen LogP contribution in [0.5, 0.6) is 0 Å². The largest absolute Gasteiger partial charge is 0.302 e. The van der Waals surface area contributed by atoms with Gasteiger partial charge in [-0.2, -0.15) is 0 Å². The average Bonchev–Trinajstić information content (AvgIpc) is 2.61. The molecule has 0 aliphatic heterocycles. The number of rotatable bonds is 3. The second kappa shape index (κ2) is 7.79. The van der Waals surface area contributed by atoms with Crippen molar-refractivity contribution in [2.75, 3.05) is 5.32 Å². The fourth-order valence-corrected chi connectivity index (χ4v) is 2.13. The fraction of sp³-hybridized carbons (Fsp3) is 0.385. The number of nitrogens with zero attached hydrogens (tertiary/aromatic N) is 1. The molecule has 0 atom stereocenters. The van der Waals surface area contributed by atoms with Crippen molar-refractivity contribution in [3.05, 3.63) is 22.7 Å². The van der Waals surface area contributed by atoms with Crippen LogP contribution < -0.4 is 5.32 Å². The molecule has 4 heteroatoms. The molecular weight excluding hydrogens is 232 g/mol. The number of thiazole rings is 1. The number of nitrogens with one attached hydrogen (secondary N) is 1. The van der Waals surface area contributed by atoms with E-state index in [0.717, 1.165) is 10.6 Å². The monoisotopic (exact) mass is 252 g/mol. The van der Waals surface area contributed by atoms with E-state index in [-0.39, 0.29) is 5.91 Å². The molecule has 1 aromatic heterocycles. The Bertz CT molecular complexity index is 415. The fourth-order valence-electron chi connectivity index (χ4n) is 1.06. The number of carbonyl (C=O) groups excluding carboxylic acids is 1. The first kappa shape index (κ1) is 15.6. The molecule has 1 heterocycles. The molecule has 0 radical (unpaired) electrons. The number of hydrogen-bond acceptors (Lipinski definition) is 3. The minimum Gasteiger partial charge on any atom is -0.302 e. The van der Waals surface area contributed by atoms with Gasteiger partial charge in [0.25, 0.3) is 0 Å². The maximum absolute atomic E-state index is 10.9. The van der Waals surface area contributed by atoms with E-state index >= 15 is 0 Å². The predicted octanol–water partition coefficient (Wildman–Crippen LogP) is 4.19. The number of hydrogen-bond donors (Lipinski definition) is 1. The van der Waals surface area contributed by atoms with E-state index < -0.39 is 0 Å². The van der Waals surface area contributed by atoms with Gasteiger partial charge in [-0.25, -0.2) is 4.98 Å². The Balaban J connectivity index is 0.00000121. The lowest BCUT2D eigenvalue weighted by Crippen LogP contribution is -2.04. The van der Waals surface area contributed by atoms with Crippen LogP contribution in [-0.4, -0.2) is 10.9 Å². The first-order valence-electron chi connectivity index (χ1n) is 5.58. The van der Waals surface area contributed by atoms with Gasteiger partial charge in [0.2, 0.25) is 5.91 Å². The third-order valence-corrected chi connectivity index (χ3v) is 2.51. The highest BCUT2D eigenvalue weighted by Crippen LogP contribution is 2.26. The van der Waals surface area contributed by atoms with E-state index in [1.165, 1.54) is 23.8 Å². The Morgan fingerprint density at radius 3 is 2.35 bits per heavy atom. The van der Waals surface area contributed by atoms with E-state index in [1.807, 2.05) is 33.8 Å². The van der Waals surface area contributed by atoms with Crippen molar-refractivity contribution in [3.8, 4) is 0 Å². The highest BCUT2D eigenvalue weighted by Gasteiger charge is 2.07. The lowest BCUT2D eigenvalue weighted by atomic mass is 10.2. The van der Waals surface area contributed by atoms with Crippen molar-refractivity contribution in [3.63, 3.8) is 0 Å². The SMILES string of the molecule is C=Cc1nc(NC(C)=O)sc1C=C(C)C.CC. The van der Waals surface area contributed by atoms with Crippen LogP contribution in [0.3, 0.4) is 0 Å². The van der Waals surface area contributed by atoms with Crippen LogP contribution in [0.4, 0.5) is 5.13 Å². The van der Waals surface area contributed by atoms with Crippen LogP contribution in [0.15, 0.2) is 12.2 Å². The molecule has 1 rings (SSSR count). The predicted molar refractivity (Wildman–Crippen MR) is 77.2 cm³/mol. The zero-order valence-corrected chi connectivity index (χ0v) is 11.9. The van der Waals surface area contributed by atoms with Crippen molar-refractivity contribution in [1.82, 2.24) is 4.98 Å². The number of aromatic nitrogens is 1. The van der Waals surface area contributed by atoms with Gasteiger partial charge in [-0.1, -0.05) is 37.3 Å². The van der Waals surface area contributed by atoms with Crippen LogP contribution in [0.25, 0.3) is 12.2 Å². The first-order chi connectivity index (χ1) is 8.02.